The number of hydrazine groups is 1. The smallest absolute Gasteiger partial charge is 0.330 e. The van der Waals surface area contributed by atoms with Crippen LogP contribution in [0.15, 0.2) is 18.2 Å². The summed E-state index contributed by atoms with van der Waals surface area (Å²) in [6, 6.07) is 2.76. The maximum Gasteiger partial charge on any atom is 0.330 e. The first-order valence-corrected chi connectivity index (χ1v) is 4.60. The number of hydrogen-bond acceptors (Lipinski definition) is 4. The van der Waals surface area contributed by atoms with Gasteiger partial charge in [0, 0.05) is 6.07 Å². The predicted octanol–water partition coefficient (Wildman–Crippen LogP) is 0.561. The number of nitro benzene ring substituents is 1. The van der Waals surface area contributed by atoms with E-state index in [9.17, 15) is 19.7 Å². The van der Waals surface area contributed by atoms with E-state index in [4.69, 9.17) is 17.3 Å². The fraction of sp³-hybridized carbons (Fsp3) is 0. The molecule has 0 atom stereocenters. The number of carbonyl (C=O) groups excluding carboxylic acids is 2. The lowest BCUT2D eigenvalue weighted by Crippen LogP contribution is -2.44. The van der Waals surface area contributed by atoms with Crippen molar-refractivity contribution in [1.82, 2.24) is 10.9 Å². The van der Waals surface area contributed by atoms with Crippen LogP contribution >= 0.6 is 11.6 Å². The van der Waals surface area contributed by atoms with Crippen LogP contribution in [0.1, 0.15) is 10.4 Å². The summed E-state index contributed by atoms with van der Waals surface area (Å²) >= 11 is 5.67. The van der Waals surface area contributed by atoms with Gasteiger partial charge in [0.05, 0.1) is 9.95 Å². The van der Waals surface area contributed by atoms with Gasteiger partial charge >= 0.3 is 6.03 Å². The number of hydrogen-bond donors (Lipinski definition) is 3. The maximum atomic E-state index is 11.5. The number of nitrogens with two attached hydrogens (primary N) is 1. The van der Waals surface area contributed by atoms with E-state index in [1.807, 2.05) is 5.43 Å². The molecule has 0 fully saturated rings. The van der Waals surface area contributed by atoms with Gasteiger partial charge in [0.1, 0.15) is 5.56 Å². The van der Waals surface area contributed by atoms with Crippen LogP contribution < -0.4 is 16.6 Å². The molecule has 1 aromatic rings. The van der Waals surface area contributed by atoms with Gasteiger partial charge in [-0.1, -0.05) is 17.7 Å². The van der Waals surface area contributed by atoms with Crippen molar-refractivity contribution >= 4 is 29.2 Å². The van der Waals surface area contributed by atoms with E-state index in [0.717, 1.165) is 6.07 Å². The van der Waals surface area contributed by atoms with E-state index in [0.29, 0.717) is 0 Å². The van der Waals surface area contributed by atoms with Crippen molar-refractivity contribution in [3.63, 3.8) is 0 Å². The van der Waals surface area contributed by atoms with Gasteiger partial charge in [-0.05, 0) is 6.07 Å². The molecule has 4 N–H and O–H groups in total. The van der Waals surface area contributed by atoms with E-state index >= 15 is 0 Å². The highest BCUT2D eigenvalue weighted by Gasteiger charge is 2.23. The second-order valence-corrected chi connectivity index (χ2v) is 3.24. The summed E-state index contributed by atoms with van der Waals surface area (Å²) in [6.07, 6.45) is 0. The molecule has 9 heteroatoms. The van der Waals surface area contributed by atoms with Crippen LogP contribution in [0.3, 0.4) is 0 Å². The molecular weight excluding hydrogens is 252 g/mol. The Hall–Kier alpha value is -2.35. The molecule has 0 aliphatic heterocycles. The third-order valence-electron chi connectivity index (χ3n) is 1.71. The van der Waals surface area contributed by atoms with Gasteiger partial charge in [-0.3, -0.25) is 20.3 Å². The average Bonchev–Trinajstić information content (AvgIpc) is 2.25. The molecule has 0 spiro atoms. The summed E-state index contributed by atoms with van der Waals surface area (Å²) in [6.45, 7) is 0. The van der Waals surface area contributed by atoms with Crippen LogP contribution in [0.5, 0.6) is 0 Å². The summed E-state index contributed by atoms with van der Waals surface area (Å²) in [4.78, 5) is 31.8. The molecule has 0 bridgehead atoms. The molecule has 1 rings (SSSR count). The van der Waals surface area contributed by atoms with Crippen LogP contribution in [-0.4, -0.2) is 16.9 Å². The van der Waals surface area contributed by atoms with Gasteiger partial charge in [0.25, 0.3) is 11.6 Å². The first-order valence-electron chi connectivity index (χ1n) is 4.22. The Bertz CT molecular complexity index is 490. The van der Waals surface area contributed by atoms with Gasteiger partial charge < -0.3 is 5.73 Å². The fourth-order valence-corrected chi connectivity index (χ4v) is 1.33. The highest BCUT2D eigenvalue weighted by molar-refractivity contribution is 6.34. The lowest BCUT2D eigenvalue weighted by Gasteiger charge is -2.06. The third kappa shape index (κ3) is 3.05. The number of carbonyl (C=O) groups is 2. The van der Waals surface area contributed by atoms with Crippen LogP contribution in [0.4, 0.5) is 10.5 Å². The summed E-state index contributed by atoms with van der Waals surface area (Å²) in [7, 11) is 0. The van der Waals surface area contributed by atoms with Gasteiger partial charge in [-0.2, -0.15) is 0 Å². The maximum absolute atomic E-state index is 11.5. The first kappa shape index (κ1) is 12.7. The highest BCUT2D eigenvalue weighted by Crippen LogP contribution is 2.25. The summed E-state index contributed by atoms with van der Waals surface area (Å²) in [5.74, 6) is -0.930. The number of amides is 3. The molecule has 8 nitrogen and oxygen atoms in total. The molecule has 0 unspecified atom stereocenters. The Morgan fingerprint density at radius 3 is 2.53 bits per heavy atom. The normalized spacial score (nSPS) is 9.47. The standard InChI is InChI=1S/C8H7ClN4O4/c9-4-2-1-3-5(13(16)17)6(4)7(14)11-12-8(10)15/h1-3H,(H,11,14)(H3,10,12,15). The molecule has 0 aliphatic carbocycles. The van der Waals surface area contributed by atoms with E-state index in [1.165, 1.54) is 12.1 Å². The third-order valence-corrected chi connectivity index (χ3v) is 2.03. The minimum absolute atomic E-state index is 0.108. The topological polar surface area (TPSA) is 127 Å². The second-order valence-electron chi connectivity index (χ2n) is 2.83. The van der Waals surface area contributed by atoms with Crippen molar-refractivity contribution in [2.24, 2.45) is 5.73 Å². The van der Waals surface area contributed by atoms with Crippen LogP contribution in [0, 0.1) is 10.1 Å². The van der Waals surface area contributed by atoms with Gasteiger partial charge in [-0.15, -0.1) is 0 Å². The molecule has 0 saturated carbocycles. The zero-order chi connectivity index (χ0) is 13.0. The number of nitrogens with zero attached hydrogens (tertiary/aromatic N) is 1. The average molecular weight is 259 g/mol. The highest BCUT2D eigenvalue weighted by atomic mass is 35.5. The van der Waals surface area contributed by atoms with Gasteiger partial charge in [-0.25, -0.2) is 10.2 Å². The Morgan fingerprint density at radius 1 is 1.35 bits per heavy atom. The zero-order valence-electron chi connectivity index (χ0n) is 8.27. The van der Waals surface area contributed by atoms with E-state index in [-0.39, 0.29) is 10.6 Å². The van der Waals surface area contributed by atoms with Crippen LogP contribution in [0.25, 0.3) is 0 Å². The largest absolute Gasteiger partial charge is 0.350 e. The van der Waals surface area contributed by atoms with Crippen LogP contribution in [-0.2, 0) is 0 Å². The molecule has 1 aromatic carbocycles. The molecule has 0 saturated heterocycles. The van der Waals surface area contributed by atoms with Crippen LogP contribution in [0.2, 0.25) is 5.02 Å². The number of nitro groups is 1. The van der Waals surface area contributed by atoms with E-state index < -0.39 is 22.5 Å². The van der Waals surface area contributed by atoms with Crippen molar-refractivity contribution in [1.29, 1.82) is 0 Å². The zero-order valence-corrected chi connectivity index (χ0v) is 9.02. The minimum Gasteiger partial charge on any atom is -0.350 e. The fourth-order valence-electron chi connectivity index (χ4n) is 1.07. The summed E-state index contributed by atoms with van der Waals surface area (Å²) < 4.78 is 0. The molecule has 0 aliphatic rings. The first-order chi connectivity index (χ1) is 7.93. The molecule has 0 heterocycles. The van der Waals surface area contributed by atoms with Crippen molar-refractivity contribution < 1.29 is 14.5 Å². The van der Waals surface area contributed by atoms with Gasteiger partial charge in [0.15, 0.2) is 0 Å². The molecule has 3 amide bonds. The predicted molar refractivity (Wildman–Crippen MR) is 58.3 cm³/mol. The van der Waals surface area contributed by atoms with Crippen molar-refractivity contribution in [3.05, 3.63) is 38.9 Å². The SMILES string of the molecule is NC(=O)NNC(=O)c1c(Cl)cccc1[N+](=O)[O-]. The van der Waals surface area contributed by atoms with E-state index in [2.05, 4.69) is 0 Å². The summed E-state index contributed by atoms with van der Waals surface area (Å²) in [5.41, 5.74) is 7.58. The Labute approximate surface area is 99.9 Å². The van der Waals surface area contributed by atoms with E-state index in [1.54, 1.807) is 5.43 Å². The quantitative estimate of drug-likeness (QED) is 0.529. The van der Waals surface area contributed by atoms with Crippen molar-refractivity contribution in [3.8, 4) is 0 Å². The van der Waals surface area contributed by atoms with Gasteiger partial charge in [0.2, 0.25) is 0 Å². The molecule has 17 heavy (non-hydrogen) atoms. The molecule has 0 aromatic heterocycles. The monoisotopic (exact) mass is 258 g/mol. The number of rotatable bonds is 2. The minimum atomic E-state index is -1.01. The second kappa shape index (κ2) is 5.12. The number of nitrogens with one attached hydrogen (secondary N) is 2. The Balaban J connectivity index is 3.07. The molecular formula is C8H7ClN4O4. The number of halogens is 1. The molecule has 90 valence electrons. The number of primary amides is 1. The van der Waals surface area contributed by atoms with Crippen molar-refractivity contribution in [2.75, 3.05) is 0 Å². The summed E-state index contributed by atoms with van der Waals surface area (Å²) in [5, 5.41) is 10.6. The lowest BCUT2D eigenvalue weighted by molar-refractivity contribution is -0.385. The Kier molecular flexibility index (Phi) is 3.83. The Morgan fingerprint density at radius 2 is 2.00 bits per heavy atom. The molecule has 0 radical (unpaired) electrons. The number of benzene rings is 1. The van der Waals surface area contributed by atoms with Crippen molar-refractivity contribution in [2.45, 2.75) is 0 Å². The number of urea groups is 1. The lowest BCUT2D eigenvalue weighted by atomic mass is 10.1.